The van der Waals surface area contributed by atoms with Crippen LogP contribution in [0.1, 0.15) is 12.1 Å². The summed E-state index contributed by atoms with van der Waals surface area (Å²) >= 11 is 3.21. The molecule has 0 atom stereocenters. The van der Waals surface area contributed by atoms with Crippen molar-refractivity contribution in [3.8, 4) is 16.3 Å². The van der Waals surface area contributed by atoms with Crippen LogP contribution in [0.15, 0.2) is 58.7 Å². The van der Waals surface area contributed by atoms with Gasteiger partial charge >= 0.3 is 0 Å². The number of benzene rings is 1. The number of thiophene rings is 1. The van der Waals surface area contributed by atoms with Gasteiger partial charge in [-0.15, -0.1) is 11.3 Å². The Balaban J connectivity index is 1.21. The lowest BCUT2D eigenvalue weighted by Crippen LogP contribution is -2.27. The minimum atomic E-state index is -0.0194. The van der Waals surface area contributed by atoms with Gasteiger partial charge in [0.1, 0.15) is 16.3 Å². The summed E-state index contributed by atoms with van der Waals surface area (Å²) in [5, 5.41) is 11.0. The van der Waals surface area contributed by atoms with Gasteiger partial charge in [-0.2, -0.15) is 11.3 Å². The predicted molar refractivity (Wildman–Crippen MR) is 114 cm³/mol. The number of hydrogen-bond acceptors (Lipinski definition) is 6. The number of nitrogens with one attached hydrogen (secondary N) is 1. The number of para-hydroxylation sites is 1. The smallest absolute Gasteiger partial charge is 0.226 e. The van der Waals surface area contributed by atoms with E-state index >= 15 is 0 Å². The SMILES string of the molecule is O=C(Cc1csc(-c2ccsc2)n1)NCCCOc1cccc2cccnc12. The average Bonchev–Trinajstić information content (AvgIpc) is 3.39. The van der Waals surface area contributed by atoms with Crippen LogP contribution in [0.2, 0.25) is 0 Å². The summed E-state index contributed by atoms with van der Waals surface area (Å²) in [7, 11) is 0. The monoisotopic (exact) mass is 409 g/mol. The van der Waals surface area contributed by atoms with Gasteiger partial charge < -0.3 is 10.1 Å². The maximum absolute atomic E-state index is 12.1. The Hall–Kier alpha value is -2.77. The Morgan fingerprint density at radius 2 is 2.07 bits per heavy atom. The third kappa shape index (κ3) is 4.55. The molecule has 4 aromatic rings. The fraction of sp³-hybridized carbons (Fsp3) is 0.190. The summed E-state index contributed by atoms with van der Waals surface area (Å²) in [6, 6.07) is 11.8. The zero-order chi connectivity index (χ0) is 19.2. The highest BCUT2D eigenvalue weighted by atomic mass is 32.1. The second kappa shape index (κ2) is 8.95. The van der Waals surface area contributed by atoms with E-state index in [9.17, 15) is 4.79 Å². The maximum atomic E-state index is 12.1. The standard InChI is InChI=1S/C21H19N3O2S2/c25-19(12-17-14-28-21(24-17)16-7-11-27-13-16)22-9-3-10-26-18-6-1-4-15-5-2-8-23-20(15)18/h1-2,4-8,11,13-14H,3,9-10,12H2,(H,22,25). The fourth-order valence-electron chi connectivity index (χ4n) is 2.81. The summed E-state index contributed by atoms with van der Waals surface area (Å²) in [6.45, 7) is 1.09. The molecule has 28 heavy (non-hydrogen) atoms. The molecule has 0 radical (unpaired) electrons. The molecular weight excluding hydrogens is 390 g/mol. The van der Waals surface area contributed by atoms with Gasteiger partial charge in [-0.1, -0.05) is 18.2 Å². The maximum Gasteiger partial charge on any atom is 0.226 e. The minimum Gasteiger partial charge on any atom is -0.491 e. The lowest BCUT2D eigenvalue weighted by Gasteiger charge is -2.09. The molecule has 0 saturated heterocycles. The number of fused-ring (bicyclic) bond motifs is 1. The second-order valence-corrected chi connectivity index (χ2v) is 7.85. The number of aromatic nitrogens is 2. The van der Waals surface area contributed by atoms with Gasteiger partial charge in [-0.05, 0) is 30.0 Å². The van der Waals surface area contributed by atoms with E-state index in [1.807, 2.05) is 47.2 Å². The number of pyridine rings is 1. The summed E-state index contributed by atoms with van der Waals surface area (Å²) < 4.78 is 5.84. The molecule has 0 spiro atoms. The van der Waals surface area contributed by atoms with E-state index < -0.39 is 0 Å². The zero-order valence-electron chi connectivity index (χ0n) is 15.1. The van der Waals surface area contributed by atoms with Crippen molar-refractivity contribution in [3.63, 3.8) is 0 Å². The van der Waals surface area contributed by atoms with Crippen molar-refractivity contribution in [2.75, 3.05) is 13.2 Å². The number of carbonyl (C=O) groups excluding carboxylic acids is 1. The second-order valence-electron chi connectivity index (χ2n) is 6.22. The molecule has 3 aromatic heterocycles. The first-order chi connectivity index (χ1) is 13.8. The molecule has 1 aromatic carbocycles. The third-order valence-electron chi connectivity index (χ3n) is 4.16. The number of hydrogen-bond donors (Lipinski definition) is 1. The number of thiazole rings is 1. The van der Waals surface area contributed by atoms with Crippen LogP contribution in [-0.4, -0.2) is 29.0 Å². The van der Waals surface area contributed by atoms with Crippen LogP contribution < -0.4 is 10.1 Å². The highest BCUT2D eigenvalue weighted by Crippen LogP contribution is 2.26. The van der Waals surface area contributed by atoms with Crippen molar-refractivity contribution in [1.29, 1.82) is 0 Å². The molecule has 0 unspecified atom stereocenters. The van der Waals surface area contributed by atoms with E-state index in [1.165, 1.54) is 0 Å². The molecule has 0 aliphatic heterocycles. The normalized spacial score (nSPS) is 10.9. The van der Waals surface area contributed by atoms with Crippen molar-refractivity contribution < 1.29 is 9.53 Å². The Bertz CT molecular complexity index is 1060. The van der Waals surface area contributed by atoms with E-state index in [1.54, 1.807) is 28.9 Å². The molecular formula is C21H19N3O2S2. The van der Waals surface area contributed by atoms with E-state index in [4.69, 9.17) is 4.74 Å². The van der Waals surface area contributed by atoms with Crippen molar-refractivity contribution in [1.82, 2.24) is 15.3 Å². The molecule has 5 nitrogen and oxygen atoms in total. The molecule has 4 rings (SSSR count). The molecule has 142 valence electrons. The number of carbonyl (C=O) groups is 1. The van der Waals surface area contributed by atoms with E-state index in [0.717, 1.165) is 39.3 Å². The predicted octanol–water partition coefficient (Wildman–Crippen LogP) is 4.55. The topological polar surface area (TPSA) is 64.1 Å². The van der Waals surface area contributed by atoms with Gasteiger partial charge in [0.25, 0.3) is 0 Å². The first-order valence-electron chi connectivity index (χ1n) is 9.00. The molecule has 0 bridgehead atoms. The van der Waals surface area contributed by atoms with Crippen LogP contribution in [-0.2, 0) is 11.2 Å². The van der Waals surface area contributed by atoms with Crippen LogP contribution >= 0.6 is 22.7 Å². The molecule has 1 amide bonds. The highest BCUT2D eigenvalue weighted by Gasteiger charge is 2.09. The molecule has 1 N–H and O–H groups in total. The van der Waals surface area contributed by atoms with Crippen molar-refractivity contribution in [2.45, 2.75) is 12.8 Å². The molecule has 0 aliphatic carbocycles. The fourth-order valence-corrected chi connectivity index (χ4v) is 4.34. The summed E-state index contributed by atoms with van der Waals surface area (Å²) in [4.78, 5) is 21.0. The molecule has 3 heterocycles. The lowest BCUT2D eigenvalue weighted by atomic mass is 10.2. The lowest BCUT2D eigenvalue weighted by molar-refractivity contribution is -0.120. The largest absolute Gasteiger partial charge is 0.491 e. The van der Waals surface area contributed by atoms with E-state index in [0.29, 0.717) is 19.6 Å². The molecule has 0 saturated carbocycles. The van der Waals surface area contributed by atoms with Crippen molar-refractivity contribution in [2.24, 2.45) is 0 Å². The third-order valence-corrected chi connectivity index (χ3v) is 5.78. The van der Waals surface area contributed by atoms with Gasteiger partial charge in [0.2, 0.25) is 5.91 Å². The Morgan fingerprint density at radius 1 is 1.14 bits per heavy atom. The Labute approximate surface area is 171 Å². The number of nitrogens with zero attached hydrogens (tertiary/aromatic N) is 2. The quantitative estimate of drug-likeness (QED) is 0.434. The first kappa shape index (κ1) is 18.6. The van der Waals surface area contributed by atoms with E-state index in [2.05, 4.69) is 20.7 Å². The Kier molecular flexibility index (Phi) is 5.94. The molecule has 0 fully saturated rings. The number of rotatable bonds is 8. The summed E-state index contributed by atoms with van der Waals surface area (Å²) in [6.07, 6.45) is 2.79. The van der Waals surface area contributed by atoms with E-state index in [-0.39, 0.29) is 5.91 Å². The molecule has 7 heteroatoms. The van der Waals surface area contributed by atoms with Crippen LogP contribution in [0.5, 0.6) is 5.75 Å². The highest BCUT2D eigenvalue weighted by molar-refractivity contribution is 7.14. The summed E-state index contributed by atoms with van der Waals surface area (Å²) in [5.41, 5.74) is 2.78. The van der Waals surface area contributed by atoms with Crippen LogP contribution in [0.25, 0.3) is 21.5 Å². The average molecular weight is 410 g/mol. The van der Waals surface area contributed by atoms with Gasteiger partial charge in [-0.25, -0.2) is 4.98 Å². The number of ether oxygens (including phenoxy) is 1. The van der Waals surface area contributed by atoms with Crippen LogP contribution in [0, 0.1) is 0 Å². The number of amides is 1. The van der Waals surface area contributed by atoms with Crippen LogP contribution in [0.3, 0.4) is 0 Å². The summed E-state index contributed by atoms with van der Waals surface area (Å²) in [5.74, 6) is 0.752. The first-order valence-corrected chi connectivity index (χ1v) is 10.8. The zero-order valence-corrected chi connectivity index (χ0v) is 16.8. The van der Waals surface area contributed by atoms with Gasteiger partial charge in [0.05, 0.1) is 18.7 Å². The van der Waals surface area contributed by atoms with Gasteiger partial charge in [0, 0.05) is 34.5 Å². The minimum absolute atomic E-state index is 0.0194. The Morgan fingerprint density at radius 3 is 2.96 bits per heavy atom. The van der Waals surface area contributed by atoms with Gasteiger partial charge in [0.15, 0.2) is 0 Å². The molecule has 0 aliphatic rings. The van der Waals surface area contributed by atoms with Gasteiger partial charge in [-0.3, -0.25) is 9.78 Å². The van der Waals surface area contributed by atoms with Crippen molar-refractivity contribution >= 4 is 39.5 Å². The van der Waals surface area contributed by atoms with Crippen LogP contribution in [0.4, 0.5) is 0 Å². The van der Waals surface area contributed by atoms with Crippen molar-refractivity contribution in [3.05, 3.63) is 64.4 Å².